The number of hydrogen-bond acceptors (Lipinski definition) is 2. The van der Waals surface area contributed by atoms with Crippen molar-refractivity contribution in [3.05, 3.63) is 28.0 Å². The summed E-state index contributed by atoms with van der Waals surface area (Å²) < 4.78 is 0. The van der Waals surface area contributed by atoms with Gasteiger partial charge in [-0.25, -0.2) is 0 Å². The molecule has 1 aromatic rings. The van der Waals surface area contributed by atoms with Gasteiger partial charge in [-0.1, -0.05) is 37.0 Å². The van der Waals surface area contributed by atoms with E-state index in [4.69, 9.17) is 28.3 Å². The zero-order valence-corrected chi connectivity index (χ0v) is 9.93. The summed E-state index contributed by atoms with van der Waals surface area (Å²) in [5, 5.41) is 9.58. The van der Waals surface area contributed by atoms with Gasteiger partial charge in [0.1, 0.15) is 0 Å². The molecule has 0 aromatic carbocycles. The Morgan fingerprint density at radius 3 is 2.27 bits per heavy atom. The molecule has 0 amide bonds. The van der Waals surface area contributed by atoms with Gasteiger partial charge >= 0.3 is 5.97 Å². The van der Waals surface area contributed by atoms with Crippen molar-refractivity contribution >= 4 is 29.2 Å². The largest absolute Gasteiger partial charge is 0.481 e. The lowest BCUT2D eigenvalue weighted by Crippen LogP contribution is -2.22. The molecule has 1 heterocycles. The smallest absolute Gasteiger partial charge is 0.304 e. The molecular weight excluding hydrogens is 237 g/mol. The molecule has 1 aromatic heterocycles. The summed E-state index contributed by atoms with van der Waals surface area (Å²) in [6, 6.07) is 0. The molecule has 1 N–H and O–H groups in total. The normalized spacial score (nSPS) is 11.5. The Hall–Kier alpha value is -0.800. The second-order valence-electron chi connectivity index (χ2n) is 3.93. The maximum Gasteiger partial charge on any atom is 0.304 e. The number of carbonyl (C=O) groups is 1. The van der Waals surface area contributed by atoms with Crippen LogP contribution in [0.4, 0.5) is 0 Å². The number of aromatic nitrogens is 1. The summed E-state index contributed by atoms with van der Waals surface area (Å²) in [6.45, 7) is 3.57. The van der Waals surface area contributed by atoms with Crippen LogP contribution in [0.1, 0.15) is 25.8 Å². The number of carboxylic acid groups (broad SMARTS) is 1. The Balaban J connectivity index is 3.19. The van der Waals surface area contributed by atoms with E-state index in [0.717, 1.165) is 0 Å². The lowest BCUT2D eigenvalue weighted by molar-refractivity contribution is -0.138. The third kappa shape index (κ3) is 2.83. The quantitative estimate of drug-likeness (QED) is 0.893. The van der Waals surface area contributed by atoms with Crippen LogP contribution in [-0.4, -0.2) is 16.1 Å². The standard InChI is InChI=1S/C10H11Cl2NO2/c1-10(2,3-8(14)15)9-6(11)4-13-5-7(9)12/h4-5H,3H2,1-2H3,(H,14,15). The van der Waals surface area contributed by atoms with Gasteiger partial charge in [-0.2, -0.15) is 0 Å². The minimum atomic E-state index is -0.885. The van der Waals surface area contributed by atoms with Crippen molar-refractivity contribution in [3.63, 3.8) is 0 Å². The highest BCUT2D eigenvalue weighted by molar-refractivity contribution is 6.36. The minimum absolute atomic E-state index is 0.0313. The molecule has 0 spiro atoms. The number of halogens is 2. The molecule has 0 bridgehead atoms. The lowest BCUT2D eigenvalue weighted by atomic mass is 9.82. The third-order valence-corrected chi connectivity index (χ3v) is 2.70. The lowest BCUT2D eigenvalue weighted by Gasteiger charge is -2.25. The first-order valence-corrected chi connectivity index (χ1v) is 5.11. The highest BCUT2D eigenvalue weighted by Gasteiger charge is 2.28. The molecular formula is C10H11Cl2NO2. The second-order valence-corrected chi connectivity index (χ2v) is 4.75. The average Bonchev–Trinajstić information content (AvgIpc) is 1.99. The number of hydrogen-bond donors (Lipinski definition) is 1. The molecule has 0 atom stereocenters. The number of nitrogens with zero attached hydrogens (tertiary/aromatic N) is 1. The molecule has 5 heteroatoms. The maximum atomic E-state index is 10.7. The minimum Gasteiger partial charge on any atom is -0.481 e. The Bertz CT molecular complexity index is 371. The molecule has 0 aliphatic carbocycles. The highest BCUT2D eigenvalue weighted by Crippen LogP contribution is 2.36. The van der Waals surface area contributed by atoms with Crippen LogP contribution in [0.2, 0.25) is 10.0 Å². The van der Waals surface area contributed by atoms with Crippen LogP contribution >= 0.6 is 23.2 Å². The zero-order valence-electron chi connectivity index (χ0n) is 8.42. The molecule has 0 fully saturated rings. The third-order valence-electron chi connectivity index (χ3n) is 2.12. The van der Waals surface area contributed by atoms with E-state index >= 15 is 0 Å². The molecule has 3 nitrogen and oxygen atoms in total. The Morgan fingerprint density at radius 1 is 1.40 bits per heavy atom. The first-order valence-electron chi connectivity index (χ1n) is 4.36. The van der Waals surface area contributed by atoms with Crippen molar-refractivity contribution in [2.75, 3.05) is 0 Å². The number of aliphatic carboxylic acids is 1. The van der Waals surface area contributed by atoms with E-state index in [0.29, 0.717) is 15.6 Å². The van der Waals surface area contributed by atoms with Gasteiger partial charge in [0.25, 0.3) is 0 Å². The van der Waals surface area contributed by atoms with E-state index in [1.807, 2.05) is 0 Å². The highest BCUT2D eigenvalue weighted by atomic mass is 35.5. The van der Waals surface area contributed by atoms with Crippen LogP contribution in [0.3, 0.4) is 0 Å². The predicted molar refractivity (Wildman–Crippen MR) is 59.5 cm³/mol. The summed E-state index contributed by atoms with van der Waals surface area (Å²) >= 11 is 11.9. The predicted octanol–water partition coefficient (Wildman–Crippen LogP) is 3.14. The molecule has 0 aliphatic heterocycles. The monoisotopic (exact) mass is 247 g/mol. The fraction of sp³-hybridized carbons (Fsp3) is 0.400. The molecule has 0 unspecified atom stereocenters. The van der Waals surface area contributed by atoms with E-state index < -0.39 is 11.4 Å². The van der Waals surface area contributed by atoms with Gasteiger partial charge < -0.3 is 5.11 Å². The molecule has 0 saturated heterocycles. The van der Waals surface area contributed by atoms with Crippen LogP contribution in [-0.2, 0) is 10.2 Å². The van der Waals surface area contributed by atoms with E-state index in [1.54, 1.807) is 13.8 Å². The summed E-state index contributed by atoms with van der Waals surface area (Å²) in [7, 11) is 0. The van der Waals surface area contributed by atoms with Gasteiger partial charge in [0.15, 0.2) is 0 Å². The SMILES string of the molecule is CC(C)(CC(=O)O)c1c(Cl)cncc1Cl. The van der Waals surface area contributed by atoms with Crippen LogP contribution in [0, 0.1) is 0 Å². The van der Waals surface area contributed by atoms with Crippen LogP contribution < -0.4 is 0 Å². The van der Waals surface area contributed by atoms with Crippen molar-refractivity contribution in [1.82, 2.24) is 4.98 Å². The molecule has 0 radical (unpaired) electrons. The average molecular weight is 248 g/mol. The van der Waals surface area contributed by atoms with E-state index in [1.165, 1.54) is 12.4 Å². The van der Waals surface area contributed by atoms with Gasteiger partial charge in [0.05, 0.1) is 16.5 Å². The van der Waals surface area contributed by atoms with E-state index in [2.05, 4.69) is 4.98 Å². The Morgan fingerprint density at radius 2 is 1.87 bits per heavy atom. The van der Waals surface area contributed by atoms with E-state index in [-0.39, 0.29) is 6.42 Å². The Kier molecular flexibility index (Phi) is 3.58. The molecule has 0 aliphatic rings. The van der Waals surface area contributed by atoms with Gasteiger partial charge in [0, 0.05) is 17.8 Å². The zero-order chi connectivity index (χ0) is 11.6. The fourth-order valence-electron chi connectivity index (χ4n) is 1.52. The first kappa shape index (κ1) is 12.3. The molecule has 0 saturated carbocycles. The van der Waals surface area contributed by atoms with Crippen molar-refractivity contribution in [2.45, 2.75) is 25.7 Å². The van der Waals surface area contributed by atoms with Gasteiger partial charge in [-0.3, -0.25) is 9.78 Å². The van der Waals surface area contributed by atoms with Crippen molar-refractivity contribution in [3.8, 4) is 0 Å². The number of pyridine rings is 1. The summed E-state index contributed by atoms with van der Waals surface area (Å²) in [5.41, 5.74) is 0.0198. The van der Waals surface area contributed by atoms with Crippen LogP contribution in [0.15, 0.2) is 12.4 Å². The maximum absolute atomic E-state index is 10.7. The van der Waals surface area contributed by atoms with E-state index in [9.17, 15) is 4.79 Å². The Labute approximate surface area is 98.0 Å². The van der Waals surface area contributed by atoms with Crippen molar-refractivity contribution < 1.29 is 9.90 Å². The number of rotatable bonds is 3. The van der Waals surface area contributed by atoms with Gasteiger partial charge in [-0.15, -0.1) is 0 Å². The molecule has 1 rings (SSSR count). The van der Waals surface area contributed by atoms with Crippen LogP contribution in [0.5, 0.6) is 0 Å². The first-order chi connectivity index (χ1) is 6.84. The van der Waals surface area contributed by atoms with Gasteiger partial charge in [0.2, 0.25) is 0 Å². The second kappa shape index (κ2) is 4.37. The van der Waals surface area contributed by atoms with Crippen molar-refractivity contribution in [1.29, 1.82) is 0 Å². The summed E-state index contributed by atoms with van der Waals surface area (Å²) in [5.74, 6) is -0.885. The fourth-order valence-corrected chi connectivity index (χ4v) is 2.40. The summed E-state index contributed by atoms with van der Waals surface area (Å²) in [4.78, 5) is 14.5. The van der Waals surface area contributed by atoms with Gasteiger partial charge in [-0.05, 0) is 5.56 Å². The number of carboxylic acids is 1. The van der Waals surface area contributed by atoms with Crippen LogP contribution in [0.25, 0.3) is 0 Å². The molecule has 82 valence electrons. The topological polar surface area (TPSA) is 50.2 Å². The summed E-state index contributed by atoms with van der Waals surface area (Å²) in [6.07, 6.45) is 2.90. The molecule has 15 heavy (non-hydrogen) atoms. The van der Waals surface area contributed by atoms with Crippen molar-refractivity contribution in [2.24, 2.45) is 0 Å².